The third-order valence-electron chi connectivity index (χ3n) is 3.53. The summed E-state index contributed by atoms with van der Waals surface area (Å²) in [7, 11) is 0. The van der Waals surface area contributed by atoms with Crippen molar-refractivity contribution in [1.29, 1.82) is 0 Å². The van der Waals surface area contributed by atoms with Crippen molar-refractivity contribution in [1.82, 2.24) is 0 Å². The number of rotatable bonds is 4. The summed E-state index contributed by atoms with van der Waals surface area (Å²) in [5, 5.41) is 11.0. The topological polar surface area (TPSA) is 20.2 Å². The second-order valence-corrected chi connectivity index (χ2v) is 5.64. The van der Waals surface area contributed by atoms with Crippen molar-refractivity contribution in [2.45, 2.75) is 32.3 Å². The fourth-order valence-electron chi connectivity index (χ4n) is 2.24. The van der Waals surface area contributed by atoms with Crippen LogP contribution in [0.15, 0.2) is 42.5 Å². The molecule has 1 N–H and O–H groups in total. The molecule has 0 fully saturated rings. The zero-order valence-electron chi connectivity index (χ0n) is 11.7. The van der Waals surface area contributed by atoms with Gasteiger partial charge in [-0.05, 0) is 42.2 Å². The second-order valence-electron chi connectivity index (χ2n) is 5.24. The summed E-state index contributed by atoms with van der Waals surface area (Å²) >= 11 is 6.02. The molecule has 0 saturated carbocycles. The maximum atomic E-state index is 13.0. The first-order valence-electron chi connectivity index (χ1n) is 6.68. The molecule has 3 heteroatoms. The van der Waals surface area contributed by atoms with Gasteiger partial charge in [0, 0.05) is 11.4 Å². The molecular weight excluding hydrogens is 275 g/mol. The first kappa shape index (κ1) is 15.0. The lowest BCUT2D eigenvalue weighted by Gasteiger charge is -2.25. The minimum Gasteiger partial charge on any atom is -0.385 e. The third-order valence-corrected chi connectivity index (χ3v) is 3.89. The number of hydrogen-bond donors (Lipinski definition) is 1. The van der Waals surface area contributed by atoms with Gasteiger partial charge in [0.2, 0.25) is 0 Å². The molecule has 1 nitrogen and oxygen atoms in total. The molecule has 0 aromatic heterocycles. The highest BCUT2D eigenvalue weighted by Crippen LogP contribution is 2.29. The minimum atomic E-state index is -1.03. The van der Waals surface area contributed by atoms with Gasteiger partial charge in [0.05, 0.1) is 5.60 Å². The maximum absolute atomic E-state index is 13.0. The predicted molar refractivity (Wildman–Crippen MR) is 80.5 cm³/mol. The molecule has 0 amide bonds. The molecule has 106 valence electrons. The highest BCUT2D eigenvalue weighted by Gasteiger charge is 2.24. The van der Waals surface area contributed by atoms with Crippen molar-refractivity contribution >= 4 is 11.6 Å². The van der Waals surface area contributed by atoms with Gasteiger partial charge in [0.1, 0.15) is 5.82 Å². The van der Waals surface area contributed by atoms with Crippen molar-refractivity contribution < 1.29 is 9.50 Å². The standard InChI is InChI=1S/C17H18ClFO/c1-3-12-4-7-14(8-5-12)17(2,20)11-13-6-9-15(19)10-16(13)18/h4-10,20H,3,11H2,1-2H3. The number of aryl methyl sites for hydroxylation is 1. The van der Waals surface area contributed by atoms with E-state index in [0.29, 0.717) is 11.4 Å². The van der Waals surface area contributed by atoms with Gasteiger partial charge in [0.25, 0.3) is 0 Å². The molecule has 0 spiro atoms. The van der Waals surface area contributed by atoms with Gasteiger partial charge in [-0.1, -0.05) is 48.9 Å². The molecule has 1 unspecified atom stereocenters. The molecular formula is C17H18ClFO. The van der Waals surface area contributed by atoms with Crippen molar-refractivity contribution in [2.24, 2.45) is 0 Å². The molecule has 2 aromatic carbocycles. The fraction of sp³-hybridized carbons (Fsp3) is 0.294. The van der Waals surface area contributed by atoms with E-state index in [0.717, 1.165) is 17.5 Å². The van der Waals surface area contributed by atoms with E-state index >= 15 is 0 Å². The molecule has 0 saturated heterocycles. The van der Waals surface area contributed by atoms with Gasteiger partial charge in [-0.15, -0.1) is 0 Å². The fourth-order valence-corrected chi connectivity index (χ4v) is 2.47. The van der Waals surface area contributed by atoms with E-state index < -0.39 is 5.60 Å². The van der Waals surface area contributed by atoms with Gasteiger partial charge < -0.3 is 5.11 Å². The smallest absolute Gasteiger partial charge is 0.124 e. The van der Waals surface area contributed by atoms with Gasteiger partial charge in [-0.25, -0.2) is 4.39 Å². The average molecular weight is 293 g/mol. The zero-order chi connectivity index (χ0) is 14.8. The monoisotopic (exact) mass is 292 g/mol. The van der Waals surface area contributed by atoms with Crippen molar-refractivity contribution in [3.8, 4) is 0 Å². The van der Waals surface area contributed by atoms with E-state index in [1.54, 1.807) is 13.0 Å². The van der Waals surface area contributed by atoms with Crippen molar-refractivity contribution in [2.75, 3.05) is 0 Å². The molecule has 20 heavy (non-hydrogen) atoms. The molecule has 0 aliphatic rings. The number of halogens is 2. The number of aliphatic hydroxyl groups is 1. The second kappa shape index (κ2) is 5.94. The van der Waals surface area contributed by atoms with E-state index in [4.69, 9.17) is 11.6 Å². The Morgan fingerprint density at radius 3 is 2.35 bits per heavy atom. The van der Waals surface area contributed by atoms with Crippen LogP contribution in [-0.2, 0) is 18.4 Å². The molecule has 2 rings (SSSR count). The summed E-state index contributed by atoms with van der Waals surface area (Å²) in [6.07, 6.45) is 1.31. The summed E-state index contributed by atoms with van der Waals surface area (Å²) in [5.41, 5.74) is 1.75. The third kappa shape index (κ3) is 3.38. The van der Waals surface area contributed by atoms with Crippen LogP contribution in [0.25, 0.3) is 0 Å². The number of benzene rings is 2. The molecule has 0 heterocycles. The van der Waals surface area contributed by atoms with E-state index in [-0.39, 0.29) is 5.82 Å². The predicted octanol–water partition coefficient (Wildman–Crippen LogP) is 4.49. The van der Waals surface area contributed by atoms with E-state index in [1.807, 2.05) is 24.3 Å². The lowest BCUT2D eigenvalue weighted by Crippen LogP contribution is -2.24. The summed E-state index contributed by atoms with van der Waals surface area (Å²) in [6.45, 7) is 3.83. The van der Waals surface area contributed by atoms with Crippen molar-refractivity contribution in [3.63, 3.8) is 0 Å². The van der Waals surface area contributed by atoms with Crippen LogP contribution in [0, 0.1) is 5.82 Å². The Labute approximate surface area is 124 Å². The summed E-state index contributed by atoms with van der Waals surface area (Å²) in [5.74, 6) is -0.370. The Balaban J connectivity index is 2.25. The molecule has 2 aromatic rings. The van der Waals surface area contributed by atoms with Gasteiger partial charge >= 0.3 is 0 Å². The van der Waals surface area contributed by atoms with Crippen LogP contribution < -0.4 is 0 Å². The Hall–Kier alpha value is -1.38. The minimum absolute atomic E-state index is 0.343. The van der Waals surface area contributed by atoms with Crippen LogP contribution in [0.1, 0.15) is 30.5 Å². The van der Waals surface area contributed by atoms with Gasteiger partial charge in [-0.3, -0.25) is 0 Å². The van der Waals surface area contributed by atoms with E-state index in [1.165, 1.54) is 17.7 Å². The zero-order valence-corrected chi connectivity index (χ0v) is 12.4. The summed E-state index contributed by atoms with van der Waals surface area (Å²) in [6, 6.07) is 12.1. The first-order chi connectivity index (χ1) is 9.42. The van der Waals surface area contributed by atoms with Crippen LogP contribution in [0.2, 0.25) is 5.02 Å². The Bertz CT molecular complexity index is 590. The van der Waals surface area contributed by atoms with Gasteiger partial charge in [0.15, 0.2) is 0 Å². The Morgan fingerprint density at radius 1 is 1.15 bits per heavy atom. The lowest BCUT2D eigenvalue weighted by molar-refractivity contribution is 0.0576. The molecule has 1 atom stereocenters. The average Bonchev–Trinajstić information content (AvgIpc) is 2.42. The van der Waals surface area contributed by atoms with Crippen molar-refractivity contribution in [3.05, 3.63) is 70.0 Å². The van der Waals surface area contributed by atoms with Crippen LogP contribution in [0.3, 0.4) is 0 Å². The van der Waals surface area contributed by atoms with Crippen LogP contribution in [-0.4, -0.2) is 5.11 Å². The Morgan fingerprint density at radius 2 is 1.80 bits per heavy atom. The highest BCUT2D eigenvalue weighted by molar-refractivity contribution is 6.31. The summed E-state index contributed by atoms with van der Waals surface area (Å²) < 4.78 is 13.0. The maximum Gasteiger partial charge on any atom is 0.124 e. The van der Waals surface area contributed by atoms with E-state index in [9.17, 15) is 9.50 Å². The van der Waals surface area contributed by atoms with E-state index in [2.05, 4.69) is 6.92 Å². The molecule has 0 aliphatic carbocycles. The number of hydrogen-bond acceptors (Lipinski definition) is 1. The largest absolute Gasteiger partial charge is 0.385 e. The van der Waals surface area contributed by atoms with Crippen LogP contribution in [0.4, 0.5) is 4.39 Å². The van der Waals surface area contributed by atoms with Crippen LogP contribution >= 0.6 is 11.6 Å². The summed E-state index contributed by atoms with van der Waals surface area (Å²) in [4.78, 5) is 0. The normalized spacial score (nSPS) is 14.1. The quantitative estimate of drug-likeness (QED) is 0.880. The molecule has 0 radical (unpaired) electrons. The Kier molecular flexibility index (Phi) is 4.46. The molecule has 0 bridgehead atoms. The SMILES string of the molecule is CCc1ccc(C(C)(O)Cc2ccc(F)cc2Cl)cc1. The van der Waals surface area contributed by atoms with Gasteiger partial charge in [-0.2, -0.15) is 0 Å². The lowest BCUT2D eigenvalue weighted by atomic mass is 9.88. The van der Waals surface area contributed by atoms with Crippen LogP contribution in [0.5, 0.6) is 0 Å². The highest BCUT2D eigenvalue weighted by atomic mass is 35.5. The first-order valence-corrected chi connectivity index (χ1v) is 7.06. The molecule has 0 aliphatic heterocycles.